The number of carbonyl (C=O) groups excluding carboxylic acids is 2. The fourth-order valence-corrected chi connectivity index (χ4v) is 2.56. The molecule has 29 heavy (non-hydrogen) atoms. The Kier molecular flexibility index (Phi) is 6.47. The van der Waals surface area contributed by atoms with E-state index in [4.69, 9.17) is 14.2 Å². The highest BCUT2D eigenvalue weighted by Crippen LogP contribution is 2.17. The number of hydrogen-bond acceptors (Lipinski definition) is 6. The van der Waals surface area contributed by atoms with Crippen molar-refractivity contribution in [1.82, 2.24) is 0 Å². The van der Waals surface area contributed by atoms with Crippen LogP contribution in [-0.4, -0.2) is 30.8 Å². The highest BCUT2D eigenvalue weighted by molar-refractivity contribution is 5.91. The van der Waals surface area contributed by atoms with Crippen molar-refractivity contribution in [3.05, 3.63) is 89.5 Å². The van der Waals surface area contributed by atoms with Gasteiger partial charge in [0, 0.05) is 6.42 Å². The van der Waals surface area contributed by atoms with Crippen LogP contribution in [0.15, 0.2) is 72.8 Å². The van der Waals surface area contributed by atoms with Gasteiger partial charge in [0.05, 0.1) is 24.8 Å². The number of benzene rings is 3. The molecule has 3 aromatic carbocycles. The quantitative estimate of drug-likeness (QED) is 0.483. The molecule has 0 aliphatic carbocycles. The molecular weight excluding hydrogens is 372 g/mol. The van der Waals surface area contributed by atoms with Crippen molar-refractivity contribution >= 4 is 11.9 Å². The fourth-order valence-electron chi connectivity index (χ4n) is 2.56. The smallest absolute Gasteiger partial charge is 0.343 e. The minimum absolute atomic E-state index is 0.0920. The lowest BCUT2D eigenvalue weighted by Gasteiger charge is -2.07. The lowest BCUT2D eigenvalue weighted by atomic mass is 10.1. The van der Waals surface area contributed by atoms with Gasteiger partial charge in [0.2, 0.25) is 0 Å². The molecule has 3 aromatic rings. The molecule has 0 fully saturated rings. The van der Waals surface area contributed by atoms with Crippen LogP contribution in [-0.2, 0) is 11.2 Å². The number of aromatic hydroxyl groups is 1. The summed E-state index contributed by atoms with van der Waals surface area (Å²) in [5.74, 6) is 0.278. The van der Waals surface area contributed by atoms with Crippen LogP contribution in [0.5, 0.6) is 17.2 Å². The maximum absolute atomic E-state index is 12.2. The Morgan fingerprint density at radius 2 is 1.31 bits per heavy atom. The highest BCUT2D eigenvalue weighted by Gasteiger charge is 2.10. The zero-order chi connectivity index (χ0) is 20.6. The van der Waals surface area contributed by atoms with Gasteiger partial charge in [0.1, 0.15) is 17.2 Å². The third-order valence-corrected chi connectivity index (χ3v) is 4.19. The lowest BCUT2D eigenvalue weighted by Crippen LogP contribution is -2.09. The molecule has 0 aliphatic heterocycles. The lowest BCUT2D eigenvalue weighted by molar-refractivity contribution is 0.0508. The Morgan fingerprint density at radius 1 is 0.759 bits per heavy atom. The predicted molar refractivity (Wildman–Crippen MR) is 106 cm³/mol. The Hall–Kier alpha value is -3.80. The second-order valence-electron chi connectivity index (χ2n) is 6.19. The first-order chi connectivity index (χ1) is 14.0. The topological polar surface area (TPSA) is 82.1 Å². The molecule has 0 aromatic heterocycles. The van der Waals surface area contributed by atoms with E-state index in [1.54, 1.807) is 43.5 Å². The standard InChI is InChI=1S/C23H20O6/c1-27-20-12-6-18(7-13-20)23(26)29-21-10-2-16(3-11-21)14-15-28-22(25)17-4-8-19(24)9-5-17/h2-13,24H,14-15H2,1H3. The van der Waals surface area contributed by atoms with Gasteiger partial charge in [-0.3, -0.25) is 0 Å². The molecule has 0 amide bonds. The largest absolute Gasteiger partial charge is 0.508 e. The van der Waals surface area contributed by atoms with Crippen LogP contribution in [0.4, 0.5) is 0 Å². The molecule has 1 N–H and O–H groups in total. The minimum Gasteiger partial charge on any atom is -0.508 e. The molecular formula is C23H20O6. The maximum atomic E-state index is 12.2. The van der Waals surface area contributed by atoms with E-state index in [9.17, 15) is 14.7 Å². The third kappa shape index (κ3) is 5.59. The van der Waals surface area contributed by atoms with Gasteiger partial charge in [-0.2, -0.15) is 0 Å². The van der Waals surface area contributed by atoms with E-state index in [-0.39, 0.29) is 12.4 Å². The molecule has 0 atom stereocenters. The third-order valence-electron chi connectivity index (χ3n) is 4.19. The number of hydrogen-bond donors (Lipinski definition) is 1. The normalized spacial score (nSPS) is 10.2. The second-order valence-corrected chi connectivity index (χ2v) is 6.19. The van der Waals surface area contributed by atoms with E-state index in [1.807, 2.05) is 12.1 Å². The molecule has 3 rings (SSSR count). The molecule has 0 aliphatic rings. The van der Waals surface area contributed by atoms with Crippen LogP contribution in [0.1, 0.15) is 26.3 Å². The molecule has 0 radical (unpaired) electrons. The Morgan fingerprint density at radius 3 is 1.93 bits per heavy atom. The number of phenols is 1. The van der Waals surface area contributed by atoms with Crippen LogP contribution in [0.25, 0.3) is 0 Å². The van der Waals surface area contributed by atoms with Gasteiger partial charge < -0.3 is 19.3 Å². The van der Waals surface area contributed by atoms with Gasteiger partial charge in [-0.05, 0) is 66.2 Å². The van der Waals surface area contributed by atoms with Crippen LogP contribution < -0.4 is 9.47 Å². The van der Waals surface area contributed by atoms with E-state index in [2.05, 4.69) is 0 Å². The molecule has 0 spiro atoms. The SMILES string of the molecule is COc1ccc(C(=O)Oc2ccc(CCOC(=O)c3ccc(O)cc3)cc2)cc1. The summed E-state index contributed by atoms with van der Waals surface area (Å²) in [5, 5.41) is 9.24. The summed E-state index contributed by atoms with van der Waals surface area (Å²) in [7, 11) is 1.56. The van der Waals surface area contributed by atoms with Gasteiger partial charge >= 0.3 is 11.9 Å². The van der Waals surface area contributed by atoms with Crippen molar-refractivity contribution in [1.29, 1.82) is 0 Å². The van der Waals surface area contributed by atoms with Gasteiger partial charge in [0.15, 0.2) is 0 Å². The summed E-state index contributed by atoms with van der Waals surface area (Å²) < 4.78 is 15.6. The maximum Gasteiger partial charge on any atom is 0.343 e. The first kappa shape index (κ1) is 19.9. The number of carbonyl (C=O) groups is 2. The first-order valence-electron chi connectivity index (χ1n) is 8.96. The summed E-state index contributed by atoms with van der Waals surface area (Å²) >= 11 is 0. The summed E-state index contributed by atoms with van der Waals surface area (Å²) in [5.41, 5.74) is 1.74. The average molecular weight is 392 g/mol. The number of esters is 2. The van der Waals surface area contributed by atoms with E-state index < -0.39 is 11.9 Å². The van der Waals surface area contributed by atoms with Crippen molar-refractivity contribution < 1.29 is 28.9 Å². The van der Waals surface area contributed by atoms with Gasteiger partial charge in [-0.25, -0.2) is 9.59 Å². The summed E-state index contributed by atoms with van der Waals surface area (Å²) in [6.07, 6.45) is 0.524. The average Bonchev–Trinajstić information content (AvgIpc) is 2.75. The van der Waals surface area contributed by atoms with E-state index in [0.717, 1.165) is 5.56 Å². The Bertz CT molecular complexity index is 960. The summed E-state index contributed by atoms with van der Waals surface area (Å²) in [4.78, 5) is 24.1. The monoisotopic (exact) mass is 392 g/mol. The van der Waals surface area contributed by atoms with E-state index in [1.165, 1.54) is 24.3 Å². The van der Waals surface area contributed by atoms with Crippen LogP contribution in [0.3, 0.4) is 0 Å². The number of ether oxygens (including phenoxy) is 3. The number of rotatable bonds is 7. The second kappa shape index (κ2) is 9.41. The zero-order valence-corrected chi connectivity index (χ0v) is 15.8. The van der Waals surface area contributed by atoms with Crippen LogP contribution in [0.2, 0.25) is 0 Å². The first-order valence-corrected chi connectivity index (χ1v) is 8.96. The van der Waals surface area contributed by atoms with Crippen molar-refractivity contribution in [2.24, 2.45) is 0 Å². The molecule has 0 saturated heterocycles. The number of methoxy groups -OCH3 is 1. The minimum atomic E-state index is -0.455. The summed E-state index contributed by atoms with van der Waals surface area (Å²) in [6.45, 7) is 0.213. The molecule has 0 heterocycles. The summed E-state index contributed by atoms with van der Waals surface area (Å²) in [6, 6.07) is 19.5. The van der Waals surface area contributed by atoms with Crippen molar-refractivity contribution in [2.75, 3.05) is 13.7 Å². The highest BCUT2D eigenvalue weighted by atomic mass is 16.5. The molecule has 6 heteroatoms. The Labute approximate surface area is 168 Å². The van der Waals surface area contributed by atoms with Crippen LogP contribution in [0, 0.1) is 0 Å². The predicted octanol–water partition coefficient (Wildman–Crippen LogP) is 4.02. The molecule has 0 bridgehead atoms. The van der Waals surface area contributed by atoms with Gasteiger partial charge in [-0.1, -0.05) is 12.1 Å². The van der Waals surface area contributed by atoms with Gasteiger partial charge in [-0.15, -0.1) is 0 Å². The van der Waals surface area contributed by atoms with E-state index >= 15 is 0 Å². The zero-order valence-electron chi connectivity index (χ0n) is 15.8. The fraction of sp³-hybridized carbons (Fsp3) is 0.130. The molecule has 6 nitrogen and oxygen atoms in total. The van der Waals surface area contributed by atoms with Crippen molar-refractivity contribution in [2.45, 2.75) is 6.42 Å². The van der Waals surface area contributed by atoms with E-state index in [0.29, 0.717) is 29.0 Å². The molecule has 0 unspecified atom stereocenters. The molecule has 0 saturated carbocycles. The number of phenolic OH excluding ortho intramolecular Hbond substituents is 1. The van der Waals surface area contributed by atoms with Gasteiger partial charge in [0.25, 0.3) is 0 Å². The van der Waals surface area contributed by atoms with Crippen molar-refractivity contribution in [3.63, 3.8) is 0 Å². The van der Waals surface area contributed by atoms with Crippen molar-refractivity contribution in [3.8, 4) is 17.2 Å². The van der Waals surface area contributed by atoms with Crippen LogP contribution >= 0.6 is 0 Å². The Balaban J connectivity index is 1.48. The molecule has 148 valence electrons.